The van der Waals surface area contributed by atoms with E-state index in [4.69, 9.17) is 0 Å². The maximum atomic E-state index is 4.68. The first-order valence-electron chi connectivity index (χ1n) is 10.5. The van der Waals surface area contributed by atoms with Gasteiger partial charge in [-0.05, 0) is 66.6 Å². The molecule has 1 N–H and O–H groups in total. The van der Waals surface area contributed by atoms with Crippen molar-refractivity contribution in [3.05, 3.63) is 71.8 Å². The fraction of sp³-hybridized carbons (Fsp3) is 0.308. The molecule has 4 aromatic rings. The molecule has 0 bridgehead atoms. The van der Waals surface area contributed by atoms with E-state index < -0.39 is 0 Å². The summed E-state index contributed by atoms with van der Waals surface area (Å²) >= 11 is 0. The van der Waals surface area contributed by atoms with Crippen LogP contribution in [0.15, 0.2) is 54.9 Å². The molecule has 3 aromatic heterocycles. The molecule has 0 radical (unpaired) electrons. The zero-order chi connectivity index (χ0) is 20.5. The Balaban J connectivity index is 1.80. The molecule has 29 heavy (non-hydrogen) atoms. The summed E-state index contributed by atoms with van der Waals surface area (Å²) in [6.45, 7) is 11.0. The van der Waals surface area contributed by atoms with Crippen molar-refractivity contribution in [3.63, 3.8) is 0 Å². The van der Waals surface area contributed by atoms with Gasteiger partial charge < -0.3 is 4.98 Å². The molecular weight excluding hydrogens is 354 g/mol. The van der Waals surface area contributed by atoms with E-state index in [1.807, 2.05) is 19.3 Å². The maximum absolute atomic E-state index is 4.68. The molecule has 3 nitrogen and oxygen atoms in total. The van der Waals surface area contributed by atoms with Crippen LogP contribution in [0.25, 0.3) is 33.3 Å². The fourth-order valence-corrected chi connectivity index (χ4v) is 4.06. The number of fused-ring (bicyclic) bond motifs is 1. The van der Waals surface area contributed by atoms with Gasteiger partial charge in [-0.25, -0.2) is 0 Å². The van der Waals surface area contributed by atoms with Crippen LogP contribution in [0.1, 0.15) is 50.6 Å². The molecule has 0 amide bonds. The van der Waals surface area contributed by atoms with E-state index in [0.29, 0.717) is 11.8 Å². The number of nitrogens with one attached hydrogen (secondary N) is 1. The number of nitrogens with zero attached hydrogens (tertiary/aromatic N) is 2. The SMILES string of the molecule is Cc1cc(-c2[nH]c3ccc(-c4ccc(CC(C)C)nc4)cc3c2C(C)C)ccn1. The van der Waals surface area contributed by atoms with E-state index in [1.165, 1.54) is 33.3 Å². The van der Waals surface area contributed by atoms with Crippen LogP contribution >= 0.6 is 0 Å². The summed E-state index contributed by atoms with van der Waals surface area (Å²) in [4.78, 5) is 12.7. The van der Waals surface area contributed by atoms with E-state index in [2.05, 4.69) is 85.1 Å². The number of hydrogen-bond acceptors (Lipinski definition) is 2. The van der Waals surface area contributed by atoms with Crippen molar-refractivity contribution in [1.82, 2.24) is 15.0 Å². The minimum Gasteiger partial charge on any atom is -0.354 e. The van der Waals surface area contributed by atoms with Crippen LogP contribution in [-0.2, 0) is 6.42 Å². The summed E-state index contributed by atoms with van der Waals surface area (Å²) in [7, 11) is 0. The van der Waals surface area contributed by atoms with Crippen molar-refractivity contribution in [2.75, 3.05) is 0 Å². The average Bonchev–Trinajstić information content (AvgIpc) is 3.07. The number of benzene rings is 1. The van der Waals surface area contributed by atoms with Gasteiger partial charge in [0.25, 0.3) is 0 Å². The molecule has 4 rings (SSSR count). The summed E-state index contributed by atoms with van der Waals surface area (Å²) in [6.07, 6.45) is 4.91. The number of H-pyrrole nitrogens is 1. The standard InChI is InChI=1S/C26H29N3/c1-16(2)12-22-8-6-21(15-28-22)19-7-9-24-23(14-19)25(17(3)4)26(29-24)20-10-11-27-18(5)13-20/h6-11,13-17,29H,12H2,1-5H3. The Morgan fingerprint density at radius 1 is 0.862 bits per heavy atom. The zero-order valence-electron chi connectivity index (χ0n) is 18.0. The van der Waals surface area contributed by atoms with Gasteiger partial charge in [-0.15, -0.1) is 0 Å². The molecule has 0 aliphatic carbocycles. The van der Waals surface area contributed by atoms with Crippen molar-refractivity contribution in [3.8, 4) is 22.4 Å². The highest BCUT2D eigenvalue weighted by Gasteiger charge is 2.17. The third-order valence-electron chi connectivity index (χ3n) is 5.38. The summed E-state index contributed by atoms with van der Waals surface area (Å²) in [5.41, 5.74) is 9.48. The smallest absolute Gasteiger partial charge is 0.0501 e. The molecule has 1 aromatic carbocycles. The molecular formula is C26H29N3. The number of rotatable bonds is 5. The van der Waals surface area contributed by atoms with Gasteiger partial charge in [0.1, 0.15) is 0 Å². The van der Waals surface area contributed by atoms with Gasteiger partial charge in [-0.3, -0.25) is 9.97 Å². The maximum Gasteiger partial charge on any atom is 0.0501 e. The number of pyridine rings is 2. The second-order valence-electron chi connectivity index (χ2n) is 8.65. The Hall–Kier alpha value is -2.94. The molecule has 3 heteroatoms. The number of aryl methyl sites for hydroxylation is 1. The van der Waals surface area contributed by atoms with Crippen molar-refractivity contribution in [1.29, 1.82) is 0 Å². The third-order valence-corrected chi connectivity index (χ3v) is 5.38. The number of hydrogen-bond donors (Lipinski definition) is 1. The summed E-state index contributed by atoms with van der Waals surface area (Å²) in [5, 5.41) is 1.29. The normalized spacial score (nSPS) is 11.7. The van der Waals surface area contributed by atoms with Crippen molar-refractivity contribution >= 4 is 10.9 Å². The minimum absolute atomic E-state index is 0.411. The zero-order valence-corrected chi connectivity index (χ0v) is 18.0. The first-order valence-corrected chi connectivity index (χ1v) is 10.5. The van der Waals surface area contributed by atoms with Gasteiger partial charge in [-0.1, -0.05) is 39.8 Å². The lowest BCUT2D eigenvalue weighted by Crippen LogP contribution is -1.96. The van der Waals surface area contributed by atoms with Gasteiger partial charge in [0.2, 0.25) is 0 Å². The van der Waals surface area contributed by atoms with E-state index in [0.717, 1.165) is 23.4 Å². The van der Waals surface area contributed by atoms with Crippen LogP contribution in [0.4, 0.5) is 0 Å². The molecule has 0 saturated carbocycles. The van der Waals surface area contributed by atoms with Crippen LogP contribution in [-0.4, -0.2) is 15.0 Å². The molecule has 0 saturated heterocycles. The minimum atomic E-state index is 0.411. The predicted molar refractivity (Wildman–Crippen MR) is 122 cm³/mol. The van der Waals surface area contributed by atoms with Crippen molar-refractivity contribution in [2.24, 2.45) is 5.92 Å². The number of aromatic nitrogens is 3. The van der Waals surface area contributed by atoms with Gasteiger partial charge in [0.15, 0.2) is 0 Å². The summed E-state index contributed by atoms with van der Waals surface area (Å²) in [6, 6.07) is 15.3. The van der Waals surface area contributed by atoms with Crippen LogP contribution < -0.4 is 0 Å². The van der Waals surface area contributed by atoms with Gasteiger partial charge in [0, 0.05) is 45.8 Å². The average molecular weight is 384 g/mol. The summed E-state index contributed by atoms with van der Waals surface area (Å²) < 4.78 is 0. The highest BCUT2D eigenvalue weighted by Crippen LogP contribution is 2.37. The molecule has 3 heterocycles. The first kappa shape index (κ1) is 19.4. The quantitative estimate of drug-likeness (QED) is 0.406. The molecule has 148 valence electrons. The number of aromatic amines is 1. The predicted octanol–water partition coefficient (Wildman–Crippen LogP) is 6.92. The molecule has 0 unspecified atom stereocenters. The fourth-order valence-electron chi connectivity index (χ4n) is 4.06. The van der Waals surface area contributed by atoms with Gasteiger partial charge >= 0.3 is 0 Å². The summed E-state index contributed by atoms with van der Waals surface area (Å²) in [5.74, 6) is 1.03. The highest BCUT2D eigenvalue weighted by molar-refractivity contribution is 5.94. The van der Waals surface area contributed by atoms with Crippen molar-refractivity contribution in [2.45, 2.75) is 47.0 Å². The van der Waals surface area contributed by atoms with E-state index in [9.17, 15) is 0 Å². The molecule has 0 aliphatic rings. The Morgan fingerprint density at radius 3 is 2.31 bits per heavy atom. The second-order valence-corrected chi connectivity index (χ2v) is 8.65. The largest absolute Gasteiger partial charge is 0.354 e. The molecule has 0 spiro atoms. The van der Waals surface area contributed by atoms with E-state index in [1.54, 1.807) is 0 Å². The van der Waals surface area contributed by atoms with Gasteiger partial charge in [0.05, 0.1) is 5.69 Å². The monoisotopic (exact) mass is 383 g/mol. The van der Waals surface area contributed by atoms with Crippen LogP contribution in [0.5, 0.6) is 0 Å². The third kappa shape index (κ3) is 3.95. The second kappa shape index (κ2) is 7.82. The topological polar surface area (TPSA) is 41.6 Å². The highest BCUT2D eigenvalue weighted by atomic mass is 14.7. The first-order chi connectivity index (χ1) is 13.9. The van der Waals surface area contributed by atoms with Crippen LogP contribution in [0.3, 0.4) is 0 Å². The van der Waals surface area contributed by atoms with Gasteiger partial charge in [-0.2, -0.15) is 0 Å². The lowest BCUT2D eigenvalue weighted by atomic mass is 9.94. The Bertz CT molecular complexity index is 1130. The Kier molecular flexibility index (Phi) is 5.23. The van der Waals surface area contributed by atoms with E-state index >= 15 is 0 Å². The van der Waals surface area contributed by atoms with Crippen molar-refractivity contribution < 1.29 is 0 Å². The molecule has 0 atom stereocenters. The van der Waals surface area contributed by atoms with Crippen LogP contribution in [0.2, 0.25) is 0 Å². The Morgan fingerprint density at radius 2 is 1.66 bits per heavy atom. The Labute approximate surface area is 173 Å². The van der Waals surface area contributed by atoms with Crippen LogP contribution in [0, 0.1) is 12.8 Å². The molecule has 0 fully saturated rings. The lowest BCUT2D eigenvalue weighted by Gasteiger charge is -2.10. The molecule has 0 aliphatic heterocycles. The lowest BCUT2D eigenvalue weighted by molar-refractivity contribution is 0.635. The van der Waals surface area contributed by atoms with E-state index in [-0.39, 0.29) is 0 Å².